The van der Waals surface area contributed by atoms with Crippen LogP contribution in [0.15, 0.2) is 59.0 Å². The van der Waals surface area contributed by atoms with E-state index >= 15 is 0 Å². The third kappa shape index (κ3) is 2.78. The van der Waals surface area contributed by atoms with E-state index in [0.29, 0.717) is 5.82 Å². The largest absolute Gasteiger partial charge is 0.508 e. The normalized spacial score (nSPS) is 10.5. The molecule has 0 radical (unpaired) electrons. The molecule has 80 valence electrons. The summed E-state index contributed by atoms with van der Waals surface area (Å²) in [7, 11) is 0. The third-order valence-corrected chi connectivity index (χ3v) is 1.85. The number of hydrogen-bond donors (Lipinski definition) is 2. The summed E-state index contributed by atoms with van der Waals surface area (Å²) < 4.78 is 0. The summed E-state index contributed by atoms with van der Waals surface area (Å²) in [5, 5.41) is 16.7. The zero-order valence-electron chi connectivity index (χ0n) is 8.41. The van der Waals surface area contributed by atoms with Gasteiger partial charge in [0.2, 0.25) is 0 Å². The number of nitrogens with one attached hydrogen (secondary N) is 1. The molecule has 0 aliphatic rings. The second-order valence-electron chi connectivity index (χ2n) is 3.05. The van der Waals surface area contributed by atoms with E-state index in [4.69, 9.17) is 5.11 Å². The standard InChI is InChI=1S/C11H10N4O/c16-10-6-4-9(5-7-10)13-15-14-11-3-1-2-8-12-11/h1-8,16H,(H,12,13,14). The topological polar surface area (TPSA) is 69.9 Å². The molecule has 5 nitrogen and oxygen atoms in total. The number of nitrogens with zero attached hydrogens (tertiary/aromatic N) is 3. The van der Waals surface area contributed by atoms with Crippen LogP contribution in [0.3, 0.4) is 0 Å². The fraction of sp³-hybridized carbons (Fsp3) is 0. The van der Waals surface area contributed by atoms with Crippen LogP contribution >= 0.6 is 0 Å². The molecule has 16 heavy (non-hydrogen) atoms. The third-order valence-electron chi connectivity index (χ3n) is 1.85. The first-order valence-electron chi connectivity index (χ1n) is 4.71. The van der Waals surface area contributed by atoms with Crippen LogP contribution in [-0.2, 0) is 0 Å². The molecule has 2 rings (SSSR count). The highest BCUT2D eigenvalue weighted by molar-refractivity contribution is 5.45. The molecular weight excluding hydrogens is 204 g/mol. The maximum absolute atomic E-state index is 9.07. The van der Waals surface area contributed by atoms with Gasteiger partial charge in [-0.3, -0.25) is 5.43 Å². The molecule has 0 aliphatic carbocycles. The zero-order chi connectivity index (χ0) is 11.2. The molecule has 0 spiro atoms. The molecule has 2 N–H and O–H groups in total. The van der Waals surface area contributed by atoms with Gasteiger partial charge >= 0.3 is 0 Å². The van der Waals surface area contributed by atoms with E-state index in [0.717, 1.165) is 5.69 Å². The SMILES string of the molecule is Oc1ccc(NN=Nc2ccccn2)cc1. The van der Waals surface area contributed by atoms with Crippen LogP contribution in [0, 0.1) is 0 Å². The number of phenolic OH excluding ortho intramolecular Hbond substituents is 1. The maximum atomic E-state index is 9.07. The molecular formula is C11H10N4O. The number of phenols is 1. The summed E-state index contributed by atoms with van der Waals surface area (Å²) in [6.45, 7) is 0. The van der Waals surface area contributed by atoms with Gasteiger partial charge in [-0.2, -0.15) is 0 Å². The van der Waals surface area contributed by atoms with E-state index in [1.54, 1.807) is 36.5 Å². The van der Waals surface area contributed by atoms with Crippen LogP contribution in [0.1, 0.15) is 0 Å². The van der Waals surface area contributed by atoms with Crippen molar-refractivity contribution in [1.82, 2.24) is 4.98 Å². The highest BCUT2D eigenvalue weighted by Gasteiger charge is 1.90. The minimum Gasteiger partial charge on any atom is -0.508 e. The van der Waals surface area contributed by atoms with Crippen LogP contribution in [0.5, 0.6) is 5.75 Å². The Balaban J connectivity index is 1.97. The Morgan fingerprint density at radius 2 is 1.88 bits per heavy atom. The highest BCUT2D eigenvalue weighted by atomic mass is 16.3. The molecule has 0 fully saturated rings. The second kappa shape index (κ2) is 4.88. The summed E-state index contributed by atoms with van der Waals surface area (Å²) in [6.07, 6.45) is 1.65. The number of anilines is 1. The summed E-state index contributed by atoms with van der Waals surface area (Å²) >= 11 is 0. The quantitative estimate of drug-likeness (QED) is 0.469. The summed E-state index contributed by atoms with van der Waals surface area (Å²) in [5.41, 5.74) is 3.48. The van der Waals surface area contributed by atoms with Crippen molar-refractivity contribution >= 4 is 11.5 Å². The van der Waals surface area contributed by atoms with Crippen molar-refractivity contribution in [2.24, 2.45) is 10.3 Å². The minimum atomic E-state index is 0.215. The zero-order valence-corrected chi connectivity index (χ0v) is 8.41. The first kappa shape index (κ1) is 10.1. The Morgan fingerprint density at radius 3 is 2.56 bits per heavy atom. The minimum absolute atomic E-state index is 0.215. The van der Waals surface area contributed by atoms with Gasteiger partial charge in [0.15, 0.2) is 5.82 Å². The number of aromatic hydroxyl groups is 1. The predicted molar refractivity (Wildman–Crippen MR) is 60.5 cm³/mol. The van der Waals surface area contributed by atoms with Crippen LogP contribution in [0.25, 0.3) is 0 Å². The molecule has 0 saturated carbocycles. The lowest BCUT2D eigenvalue weighted by Gasteiger charge is -1.98. The van der Waals surface area contributed by atoms with Gasteiger partial charge in [0, 0.05) is 6.20 Å². The highest BCUT2D eigenvalue weighted by Crippen LogP contribution is 2.14. The van der Waals surface area contributed by atoms with Gasteiger partial charge in [0.25, 0.3) is 0 Å². The first-order chi connectivity index (χ1) is 7.84. The lowest BCUT2D eigenvalue weighted by Crippen LogP contribution is -1.85. The van der Waals surface area contributed by atoms with Crippen molar-refractivity contribution in [1.29, 1.82) is 0 Å². The van der Waals surface area contributed by atoms with Gasteiger partial charge in [0.1, 0.15) is 5.75 Å². The molecule has 0 amide bonds. The van der Waals surface area contributed by atoms with Crippen molar-refractivity contribution in [3.63, 3.8) is 0 Å². The van der Waals surface area contributed by atoms with E-state index in [1.165, 1.54) is 0 Å². The molecule has 1 heterocycles. The lowest BCUT2D eigenvalue weighted by atomic mass is 10.3. The van der Waals surface area contributed by atoms with Crippen molar-refractivity contribution in [3.8, 4) is 5.75 Å². The fourth-order valence-electron chi connectivity index (χ4n) is 1.08. The van der Waals surface area contributed by atoms with E-state index in [2.05, 4.69) is 20.7 Å². The Morgan fingerprint density at radius 1 is 1.06 bits per heavy atom. The first-order valence-corrected chi connectivity index (χ1v) is 4.71. The average Bonchev–Trinajstić information content (AvgIpc) is 2.33. The van der Waals surface area contributed by atoms with E-state index in [9.17, 15) is 0 Å². The molecule has 1 aromatic carbocycles. The molecule has 0 atom stereocenters. The Labute approximate surface area is 92.5 Å². The number of hydrogen-bond acceptors (Lipinski definition) is 4. The Kier molecular flexibility index (Phi) is 3.08. The molecule has 0 unspecified atom stereocenters. The number of benzene rings is 1. The van der Waals surface area contributed by atoms with Gasteiger partial charge in [-0.05, 0) is 36.4 Å². The van der Waals surface area contributed by atoms with Gasteiger partial charge in [-0.25, -0.2) is 4.98 Å². The number of aromatic nitrogens is 1. The van der Waals surface area contributed by atoms with Crippen LogP contribution in [0.4, 0.5) is 11.5 Å². The number of pyridine rings is 1. The molecule has 0 saturated heterocycles. The van der Waals surface area contributed by atoms with Crippen LogP contribution in [0.2, 0.25) is 0 Å². The van der Waals surface area contributed by atoms with E-state index < -0.39 is 0 Å². The summed E-state index contributed by atoms with van der Waals surface area (Å²) in [4.78, 5) is 3.98. The van der Waals surface area contributed by atoms with Crippen LogP contribution in [-0.4, -0.2) is 10.1 Å². The Bertz CT molecular complexity index is 467. The van der Waals surface area contributed by atoms with Gasteiger partial charge < -0.3 is 5.11 Å². The van der Waals surface area contributed by atoms with Crippen LogP contribution < -0.4 is 5.43 Å². The summed E-state index contributed by atoms with van der Waals surface area (Å²) in [6, 6.07) is 11.9. The van der Waals surface area contributed by atoms with Crippen molar-refractivity contribution in [3.05, 3.63) is 48.7 Å². The van der Waals surface area contributed by atoms with Gasteiger partial charge in [0.05, 0.1) is 5.69 Å². The fourth-order valence-corrected chi connectivity index (χ4v) is 1.08. The molecule has 1 aromatic heterocycles. The molecule has 0 bridgehead atoms. The smallest absolute Gasteiger partial charge is 0.176 e. The Hall–Kier alpha value is -2.43. The monoisotopic (exact) mass is 214 g/mol. The van der Waals surface area contributed by atoms with Crippen molar-refractivity contribution < 1.29 is 5.11 Å². The molecule has 5 heteroatoms. The van der Waals surface area contributed by atoms with Crippen molar-refractivity contribution in [2.75, 3.05) is 5.43 Å². The van der Waals surface area contributed by atoms with Gasteiger partial charge in [-0.15, -0.1) is 5.11 Å². The molecule has 0 aliphatic heterocycles. The number of rotatable bonds is 3. The average molecular weight is 214 g/mol. The van der Waals surface area contributed by atoms with E-state index in [1.807, 2.05) is 12.1 Å². The lowest BCUT2D eigenvalue weighted by molar-refractivity contribution is 0.475. The maximum Gasteiger partial charge on any atom is 0.176 e. The van der Waals surface area contributed by atoms with E-state index in [-0.39, 0.29) is 5.75 Å². The predicted octanol–water partition coefficient (Wildman–Crippen LogP) is 2.90. The van der Waals surface area contributed by atoms with Gasteiger partial charge in [-0.1, -0.05) is 11.3 Å². The summed E-state index contributed by atoms with van der Waals surface area (Å²) in [5.74, 6) is 0.751. The van der Waals surface area contributed by atoms with Crippen molar-refractivity contribution in [2.45, 2.75) is 0 Å². The molecule has 2 aromatic rings. The second-order valence-corrected chi connectivity index (χ2v) is 3.05.